The summed E-state index contributed by atoms with van der Waals surface area (Å²) < 4.78 is 50.2. The van der Waals surface area contributed by atoms with E-state index in [0.717, 1.165) is 23.9 Å². The first-order valence-corrected chi connectivity index (χ1v) is 10.2. The van der Waals surface area contributed by atoms with Crippen molar-refractivity contribution in [1.82, 2.24) is 9.97 Å². The van der Waals surface area contributed by atoms with Gasteiger partial charge >= 0.3 is 0 Å². The molecule has 0 unspecified atom stereocenters. The van der Waals surface area contributed by atoms with Gasteiger partial charge < -0.3 is 0 Å². The van der Waals surface area contributed by atoms with Crippen molar-refractivity contribution in [3.8, 4) is 0 Å². The molecule has 0 aliphatic carbocycles. The minimum absolute atomic E-state index is 0.136. The average Bonchev–Trinajstić information content (AvgIpc) is 2.54. The van der Waals surface area contributed by atoms with Crippen molar-refractivity contribution in [3.05, 3.63) is 54.9 Å². The van der Waals surface area contributed by atoms with Gasteiger partial charge in [-0.1, -0.05) is 18.2 Å². The zero-order chi connectivity index (χ0) is 17.4. The predicted octanol–water partition coefficient (Wildman–Crippen LogP) is 1.83. The van der Waals surface area contributed by atoms with Crippen LogP contribution in [0, 0.1) is 0 Å². The molecule has 7 nitrogen and oxygen atoms in total. The first kappa shape index (κ1) is 16.3. The Morgan fingerprint density at radius 1 is 0.917 bits per heavy atom. The van der Waals surface area contributed by atoms with Crippen LogP contribution in [0.15, 0.2) is 64.8 Å². The molecule has 2 heterocycles. The van der Waals surface area contributed by atoms with Crippen LogP contribution in [0.4, 0.5) is 5.69 Å². The summed E-state index contributed by atoms with van der Waals surface area (Å²) in [6, 6.07) is 11.1. The Morgan fingerprint density at radius 3 is 2.33 bits per heavy atom. The van der Waals surface area contributed by atoms with Gasteiger partial charge in [0.25, 0.3) is 10.0 Å². The second kappa shape index (κ2) is 5.84. The second-order valence-electron chi connectivity index (χ2n) is 5.09. The molecule has 3 rings (SSSR count). The number of sulfonamides is 1. The molecule has 24 heavy (non-hydrogen) atoms. The molecule has 124 valence electrons. The van der Waals surface area contributed by atoms with Gasteiger partial charge in [-0.05, 0) is 24.3 Å². The fraction of sp³-hybridized carbons (Fsp3) is 0.0667. The molecule has 9 heteroatoms. The lowest BCUT2D eigenvalue weighted by molar-refractivity contribution is 0.594. The zero-order valence-electron chi connectivity index (χ0n) is 12.5. The van der Waals surface area contributed by atoms with E-state index >= 15 is 0 Å². The number of aromatic nitrogens is 2. The monoisotopic (exact) mass is 363 g/mol. The number of pyridine rings is 2. The van der Waals surface area contributed by atoms with Crippen LogP contribution < -0.4 is 4.72 Å². The van der Waals surface area contributed by atoms with Crippen LogP contribution in [0.2, 0.25) is 0 Å². The SMILES string of the molecule is CS(=O)(=O)c1ccc(S(=O)(=O)Nc2cccc3cccnc23)cn1. The van der Waals surface area contributed by atoms with Crippen molar-refractivity contribution in [2.24, 2.45) is 0 Å². The molecular formula is C15H13N3O4S2. The van der Waals surface area contributed by atoms with E-state index in [1.54, 1.807) is 24.4 Å². The Bertz CT molecular complexity index is 1100. The highest BCUT2D eigenvalue weighted by Crippen LogP contribution is 2.23. The van der Waals surface area contributed by atoms with E-state index in [1.807, 2.05) is 12.1 Å². The summed E-state index contributed by atoms with van der Waals surface area (Å²) in [5.74, 6) is 0. The summed E-state index contributed by atoms with van der Waals surface area (Å²) >= 11 is 0. The molecule has 0 fully saturated rings. The van der Waals surface area contributed by atoms with Crippen LogP contribution in [0.1, 0.15) is 0 Å². The largest absolute Gasteiger partial charge is 0.277 e. The van der Waals surface area contributed by atoms with Gasteiger partial charge in [0.05, 0.1) is 11.2 Å². The molecule has 1 aromatic carbocycles. The van der Waals surface area contributed by atoms with E-state index in [2.05, 4.69) is 14.7 Å². The van der Waals surface area contributed by atoms with Crippen LogP contribution in [0.5, 0.6) is 0 Å². The van der Waals surface area contributed by atoms with Crippen molar-refractivity contribution in [1.29, 1.82) is 0 Å². The van der Waals surface area contributed by atoms with Crippen molar-refractivity contribution in [2.45, 2.75) is 9.92 Å². The third kappa shape index (κ3) is 3.22. The van der Waals surface area contributed by atoms with E-state index < -0.39 is 19.9 Å². The third-order valence-electron chi connectivity index (χ3n) is 3.28. The molecule has 0 atom stereocenters. The highest BCUT2D eigenvalue weighted by Gasteiger charge is 2.18. The van der Waals surface area contributed by atoms with E-state index in [4.69, 9.17) is 0 Å². The second-order valence-corrected chi connectivity index (χ2v) is 8.74. The summed E-state index contributed by atoms with van der Waals surface area (Å²) in [4.78, 5) is 7.74. The van der Waals surface area contributed by atoms with Crippen LogP contribution in [-0.2, 0) is 19.9 Å². The standard InChI is InChI=1S/C15H13N3O4S2/c1-23(19,20)14-8-7-12(10-17-14)24(21,22)18-13-6-2-4-11-5-3-9-16-15(11)13/h2-10,18H,1H3. The first-order valence-electron chi connectivity index (χ1n) is 6.80. The van der Waals surface area contributed by atoms with Gasteiger partial charge in [0.2, 0.25) is 0 Å². The molecule has 0 saturated carbocycles. The predicted molar refractivity (Wildman–Crippen MR) is 89.9 cm³/mol. The number of sulfone groups is 1. The van der Waals surface area contributed by atoms with Crippen LogP contribution in [0.3, 0.4) is 0 Å². The van der Waals surface area contributed by atoms with Crippen molar-refractivity contribution in [3.63, 3.8) is 0 Å². The Kier molecular flexibility index (Phi) is 3.98. The third-order valence-corrected chi connectivity index (χ3v) is 5.63. The molecule has 0 saturated heterocycles. The zero-order valence-corrected chi connectivity index (χ0v) is 14.2. The summed E-state index contributed by atoms with van der Waals surface area (Å²) in [5, 5.41) is 0.608. The van der Waals surface area contributed by atoms with Crippen LogP contribution >= 0.6 is 0 Å². The van der Waals surface area contributed by atoms with Crippen molar-refractivity contribution >= 4 is 36.5 Å². The molecule has 0 bridgehead atoms. The highest BCUT2D eigenvalue weighted by atomic mass is 32.2. The van der Waals surface area contributed by atoms with Crippen LogP contribution in [0.25, 0.3) is 10.9 Å². The lowest BCUT2D eigenvalue weighted by atomic mass is 10.2. The number of benzene rings is 1. The molecule has 0 aliphatic heterocycles. The van der Waals surface area contributed by atoms with Gasteiger partial charge in [0.1, 0.15) is 4.90 Å². The maximum absolute atomic E-state index is 12.5. The van der Waals surface area contributed by atoms with E-state index in [0.29, 0.717) is 11.2 Å². The minimum Gasteiger partial charge on any atom is -0.277 e. The summed E-state index contributed by atoms with van der Waals surface area (Å²) in [5.41, 5.74) is 0.851. The van der Waals surface area contributed by atoms with Crippen LogP contribution in [-0.4, -0.2) is 33.1 Å². The smallest absolute Gasteiger partial charge is 0.263 e. The Hall–Kier alpha value is -2.52. The van der Waals surface area contributed by atoms with Gasteiger partial charge in [0.15, 0.2) is 14.9 Å². The first-order chi connectivity index (χ1) is 11.3. The molecule has 0 spiro atoms. The van der Waals surface area contributed by atoms with Gasteiger partial charge in [-0.2, -0.15) is 0 Å². The number of anilines is 1. The van der Waals surface area contributed by atoms with E-state index in [9.17, 15) is 16.8 Å². The lowest BCUT2D eigenvalue weighted by Crippen LogP contribution is -2.14. The van der Waals surface area contributed by atoms with Crippen molar-refractivity contribution in [2.75, 3.05) is 11.0 Å². The number of hydrogen-bond donors (Lipinski definition) is 1. The summed E-state index contributed by atoms with van der Waals surface area (Å²) in [6.45, 7) is 0. The molecule has 0 radical (unpaired) electrons. The average molecular weight is 363 g/mol. The maximum atomic E-state index is 12.5. The molecule has 0 amide bonds. The van der Waals surface area contributed by atoms with Gasteiger partial charge in [-0.3, -0.25) is 9.71 Å². The van der Waals surface area contributed by atoms with E-state index in [1.165, 1.54) is 6.07 Å². The highest BCUT2D eigenvalue weighted by molar-refractivity contribution is 7.92. The number of rotatable bonds is 4. The van der Waals surface area contributed by atoms with Gasteiger partial charge in [0, 0.05) is 24.0 Å². The number of fused-ring (bicyclic) bond motifs is 1. The number of hydrogen-bond acceptors (Lipinski definition) is 6. The summed E-state index contributed by atoms with van der Waals surface area (Å²) in [6.07, 6.45) is 3.59. The number of para-hydroxylation sites is 1. The molecule has 2 aromatic heterocycles. The lowest BCUT2D eigenvalue weighted by Gasteiger charge is -2.10. The Morgan fingerprint density at radius 2 is 1.67 bits per heavy atom. The maximum Gasteiger partial charge on any atom is 0.263 e. The Labute approximate surface area is 139 Å². The van der Waals surface area contributed by atoms with Gasteiger partial charge in [-0.25, -0.2) is 21.8 Å². The van der Waals surface area contributed by atoms with E-state index in [-0.39, 0.29) is 9.92 Å². The van der Waals surface area contributed by atoms with Crippen molar-refractivity contribution < 1.29 is 16.8 Å². The molecule has 1 N–H and O–H groups in total. The molecule has 3 aromatic rings. The molecule has 0 aliphatic rings. The Balaban J connectivity index is 1.99. The number of nitrogens with zero attached hydrogens (tertiary/aromatic N) is 2. The fourth-order valence-electron chi connectivity index (χ4n) is 2.14. The topological polar surface area (TPSA) is 106 Å². The summed E-state index contributed by atoms with van der Waals surface area (Å²) in [7, 11) is -7.40. The van der Waals surface area contributed by atoms with Gasteiger partial charge in [-0.15, -0.1) is 0 Å². The quantitative estimate of drug-likeness (QED) is 0.758. The normalized spacial score (nSPS) is 12.2. The fourth-order valence-corrected chi connectivity index (χ4v) is 3.71. The number of nitrogens with one attached hydrogen (secondary N) is 1. The minimum atomic E-state index is -3.91. The molecular weight excluding hydrogens is 350 g/mol.